The molecule has 166 valence electrons. The van der Waals surface area contributed by atoms with Gasteiger partial charge in [-0.25, -0.2) is 0 Å². The number of furan rings is 1. The number of hydrogen-bond donors (Lipinski definition) is 1. The first-order valence-electron chi connectivity index (χ1n) is 10.9. The maximum Gasteiger partial charge on any atom is 0.254 e. The maximum absolute atomic E-state index is 13.4. The summed E-state index contributed by atoms with van der Waals surface area (Å²) in [6.07, 6.45) is 1.62. The van der Waals surface area contributed by atoms with E-state index in [1.54, 1.807) is 18.4 Å². The number of Topliss-reactive ketones (excluding diaryl/α,β-unsaturated/α-hetero) is 1. The van der Waals surface area contributed by atoms with Gasteiger partial charge in [0.1, 0.15) is 12.4 Å². The molecule has 2 atom stereocenters. The van der Waals surface area contributed by atoms with Crippen LogP contribution in [-0.4, -0.2) is 58.4 Å². The average molecular weight is 433 g/mol. The summed E-state index contributed by atoms with van der Waals surface area (Å²) in [6.45, 7) is 5.80. The third kappa shape index (κ3) is 4.52. The molecule has 1 aromatic heterocycles. The quantitative estimate of drug-likeness (QED) is 0.599. The molecule has 1 aliphatic rings. The van der Waals surface area contributed by atoms with E-state index in [1.807, 2.05) is 53.4 Å². The molecule has 0 saturated carbocycles. The van der Waals surface area contributed by atoms with Gasteiger partial charge in [0.05, 0.1) is 11.8 Å². The summed E-state index contributed by atoms with van der Waals surface area (Å²) >= 11 is 0. The van der Waals surface area contributed by atoms with Crippen molar-refractivity contribution in [3.63, 3.8) is 0 Å². The van der Waals surface area contributed by atoms with Gasteiger partial charge < -0.3 is 14.4 Å². The molecule has 0 aliphatic carbocycles. The van der Waals surface area contributed by atoms with Crippen LogP contribution >= 0.6 is 0 Å². The van der Waals surface area contributed by atoms with E-state index in [4.69, 9.17) is 9.52 Å². The molecule has 1 saturated heterocycles. The number of rotatable bonds is 6. The van der Waals surface area contributed by atoms with Crippen molar-refractivity contribution in [3.8, 4) is 11.3 Å². The number of ketones is 1. The van der Waals surface area contributed by atoms with Gasteiger partial charge in [0.15, 0.2) is 5.78 Å². The second-order valence-electron chi connectivity index (χ2n) is 8.38. The van der Waals surface area contributed by atoms with Gasteiger partial charge in [-0.15, -0.1) is 0 Å². The van der Waals surface area contributed by atoms with Gasteiger partial charge in [-0.05, 0) is 37.6 Å². The number of piperazine rings is 1. The van der Waals surface area contributed by atoms with E-state index < -0.39 is 6.61 Å². The molecular formula is C26H28N2O4. The van der Waals surface area contributed by atoms with Gasteiger partial charge in [0, 0.05) is 42.8 Å². The van der Waals surface area contributed by atoms with Crippen LogP contribution in [0.25, 0.3) is 11.3 Å². The van der Waals surface area contributed by atoms with E-state index in [9.17, 15) is 9.59 Å². The van der Waals surface area contributed by atoms with Crippen LogP contribution in [0.2, 0.25) is 0 Å². The number of nitrogens with zero attached hydrogens (tertiary/aromatic N) is 2. The molecule has 6 heteroatoms. The van der Waals surface area contributed by atoms with E-state index in [0.29, 0.717) is 30.0 Å². The predicted octanol–water partition coefficient (Wildman–Crippen LogP) is 3.86. The minimum atomic E-state index is -0.480. The monoisotopic (exact) mass is 432 g/mol. The largest absolute Gasteiger partial charge is 0.464 e. The maximum atomic E-state index is 13.4. The van der Waals surface area contributed by atoms with Crippen molar-refractivity contribution in [2.24, 2.45) is 0 Å². The summed E-state index contributed by atoms with van der Waals surface area (Å²) in [6, 6.07) is 19.0. The van der Waals surface area contributed by atoms with E-state index in [1.165, 1.54) is 0 Å². The molecule has 32 heavy (non-hydrogen) atoms. The fourth-order valence-corrected chi connectivity index (χ4v) is 4.42. The minimum Gasteiger partial charge on any atom is -0.464 e. The highest BCUT2D eigenvalue weighted by Crippen LogP contribution is 2.27. The second-order valence-corrected chi connectivity index (χ2v) is 8.38. The molecule has 6 nitrogen and oxygen atoms in total. The van der Waals surface area contributed by atoms with Crippen LogP contribution in [-0.2, 0) is 6.54 Å². The van der Waals surface area contributed by atoms with E-state index in [2.05, 4.69) is 18.7 Å². The summed E-state index contributed by atoms with van der Waals surface area (Å²) < 4.78 is 5.54. The Balaban J connectivity index is 1.47. The molecule has 0 radical (unpaired) electrons. The van der Waals surface area contributed by atoms with Crippen LogP contribution in [0.15, 0.2) is 71.3 Å². The number of aliphatic hydroxyl groups is 1. The van der Waals surface area contributed by atoms with E-state index in [0.717, 1.165) is 17.7 Å². The van der Waals surface area contributed by atoms with Gasteiger partial charge in [-0.2, -0.15) is 0 Å². The average Bonchev–Trinajstić information content (AvgIpc) is 3.35. The van der Waals surface area contributed by atoms with Crippen molar-refractivity contribution in [2.75, 3.05) is 19.7 Å². The molecule has 2 aromatic carbocycles. The molecule has 1 N–H and O–H groups in total. The van der Waals surface area contributed by atoms with Crippen molar-refractivity contribution in [3.05, 3.63) is 83.6 Å². The summed E-state index contributed by atoms with van der Waals surface area (Å²) in [5, 5.41) is 9.02. The van der Waals surface area contributed by atoms with Gasteiger partial charge in [0.25, 0.3) is 5.91 Å². The van der Waals surface area contributed by atoms with Crippen LogP contribution < -0.4 is 0 Å². The number of amides is 1. The normalized spacial score (nSPS) is 19.2. The Kier molecular flexibility index (Phi) is 6.53. The first-order valence-corrected chi connectivity index (χ1v) is 10.9. The lowest BCUT2D eigenvalue weighted by atomic mass is 10.0. The van der Waals surface area contributed by atoms with Crippen LogP contribution in [0.3, 0.4) is 0 Å². The summed E-state index contributed by atoms with van der Waals surface area (Å²) in [5.74, 6) is 0.430. The van der Waals surface area contributed by atoms with Crippen molar-refractivity contribution in [1.82, 2.24) is 9.80 Å². The highest BCUT2D eigenvalue weighted by Gasteiger charge is 2.33. The zero-order chi connectivity index (χ0) is 22.7. The van der Waals surface area contributed by atoms with E-state index >= 15 is 0 Å². The first kappa shape index (κ1) is 22.0. The Morgan fingerprint density at radius 2 is 1.66 bits per heavy atom. The Hall–Kier alpha value is -3.22. The van der Waals surface area contributed by atoms with Crippen LogP contribution in [0.5, 0.6) is 0 Å². The minimum absolute atomic E-state index is 0.0159. The standard InChI is InChI=1S/C26H28N2O4/c1-18-14-27(26(31)23-7-4-3-6-22(23)25-8-5-13-32-25)15-19(2)28(18)16-20-9-11-21(12-10-20)24(30)17-29/h3-13,18-19,29H,14-17H2,1-2H3/t18-,19+. The summed E-state index contributed by atoms with van der Waals surface area (Å²) in [4.78, 5) is 29.4. The third-order valence-electron chi connectivity index (χ3n) is 6.12. The highest BCUT2D eigenvalue weighted by molar-refractivity contribution is 6.00. The number of carbonyl (C=O) groups is 2. The van der Waals surface area contributed by atoms with E-state index in [-0.39, 0.29) is 23.8 Å². The van der Waals surface area contributed by atoms with Crippen molar-refractivity contribution < 1.29 is 19.1 Å². The number of benzene rings is 2. The Morgan fingerprint density at radius 1 is 0.969 bits per heavy atom. The third-order valence-corrected chi connectivity index (χ3v) is 6.12. The smallest absolute Gasteiger partial charge is 0.254 e. The molecule has 0 unspecified atom stereocenters. The lowest BCUT2D eigenvalue weighted by molar-refractivity contribution is 0.0270. The number of hydrogen-bond acceptors (Lipinski definition) is 5. The van der Waals surface area contributed by atoms with Crippen LogP contribution in [0, 0.1) is 0 Å². The zero-order valence-corrected chi connectivity index (χ0v) is 18.4. The predicted molar refractivity (Wildman–Crippen MR) is 122 cm³/mol. The molecule has 1 amide bonds. The SMILES string of the molecule is C[C@@H]1CN(C(=O)c2ccccc2-c2ccco2)C[C@H](C)N1Cc1ccc(C(=O)CO)cc1. The van der Waals surface area contributed by atoms with Gasteiger partial charge in [-0.1, -0.05) is 42.5 Å². The molecule has 3 aromatic rings. The summed E-state index contributed by atoms with van der Waals surface area (Å²) in [7, 11) is 0. The fraction of sp³-hybridized carbons (Fsp3) is 0.308. The number of aliphatic hydroxyl groups excluding tert-OH is 1. The number of carbonyl (C=O) groups excluding carboxylic acids is 2. The Bertz CT molecular complexity index is 1060. The van der Waals surface area contributed by atoms with Crippen molar-refractivity contribution >= 4 is 11.7 Å². The van der Waals surface area contributed by atoms with Crippen molar-refractivity contribution in [2.45, 2.75) is 32.5 Å². The molecule has 0 bridgehead atoms. The molecular weight excluding hydrogens is 404 g/mol. The van der Waals surface area contributed by atoms with Crippen molar-refractivity contribution in [1.29, 1.82) is 0 Å². The van der Waals surface area contributed by atoms with Gasteiger partial charge in [-0.3, -0.25) is 14.5 Å². The zero-order valence-electron chi connectivity index (χ0n) is 18.4. The topological polar surface area (TPSA) is 74.0 Å². The lowest BCUT2D eigenvalue weighted by Gasteiger charge is -2.44. The van der Waals surface area contributed by atoms with Crippen LogP contribution in [0.1, 0.15) is 40.1 Å². The lowest BCUT2D eigenvalue weighted by Crippen LogP contribution is -2.57. The summed E-state index contributed by atoms with van der Waals surface area (Å²) in [5.41, 5.74) is 3.08. The molecule has 2 heterocycles. The molecule has 0 spiro atoms. The second kappa shape index (κ2) is 9.51. The highest BCUT2D eigenvalue weighted by atomic mass is 16.3. The molecule has 1 aliphatic heterocycles. The fourth-order valence-electron chi connectivity index (χ4n) is 4.42. The molecule has 1 fully saturated rings. The Morgan fingerprint density at radius 3 is 2.28 bits per heavy atom. The Labute approximate surface area is 188 Å². The van der Waals surface area contributed by atoms with Gasteiger partial charge in [0.2, 0.25) is 0 Å². The van der Waals surface area contributed by atoms with Crippen LogP contribution in [0.4, 0.5) is 0 Å². The van der Waals surface area contributed by atoms with Gasteiger partial charge >= 0.3 is 0 Å². The first-order chi connectivity index (χ1) is 15.5. The molecule has 4 rings (SSSR count).